The molecule has 0 amide bonds. The largest absolute Gasteiger partial charge is 0.382 e. The lowest BCUT2D eigenvalue weighted by atomic mass is 10.1. The maximum atomic E-state index is 11.2. The number of hydrogen-bond donors (Lipinski definition) is 1. The molecule has 2 rings (SSSR count). The van der Waals surface area contributed by atoms with Crippen molar-refractivity contribution in [3.05, 3.63) is 52.2 Å². The standard InChI is InChI=1S/C15H17NOS/c1-11(9-13-7-8-18-10-13)16-15-5-3-14(4-6-15)12(2)17/h3-8,10-11,16H,9H2,1-2H3. The normalized spacial score (nSPS) is 12.1. The fraction of sp³-hybridized carbons (Fsp3) is 0.267. The van der Waals surface area contributed by atoms with E-state index >= 15 is 0 Å². The van der Waals surface area contributed by atoms with Gasteiger partial charge in [0.1, 0.15) is 0 Å². The number of anilines is 1. The highest BCUT2D eigenvalue weighted by atomic mass is 32.1. The van der Waals surface area contributed by atoms with Gasteiger partial charge in [-0.2, -0.15) is 11.3 Å². The van der Waals surface area contributed by atoms with E-state index in [0.717, 1.165) is 17.7 Å². The van der Waals surface area contributed by atoms with Crippen molar-refractivity contribution in [2.45, 2.75) is 26.3 Å². The van der Waals surface area contributed by atoms with Crippen LogP contribution in [0.5, 0.6) is 0 Å². The minimum absolute atomic E-state index is 0.105. The second-order valence-electron chi connectivity index (χ2n) is 4.51. The molecular weight excluding hydrogens is 242 g/mol. The second kappa shape index (κ2) is 5.83. The van der Waals surface area contributed by atoms with E-state index < -0.39 is 0 Å². The van der Waals surface area contributed by atoms with E-state index in [1.807, 2.05) is 24.3 Å². The first-order valence-electron chi connectivity index (χ1n) is 6.04. The topological polar surface area (TPSA) is 29.1 Å². The van der Waals surface area contributed by atoms with Crippen molar-refractivity contribution in [1.82, 2.24) is 0 Å². The third-order valence-electron chi connectivity index (χ3n) is 2.83. The number of carbonyl (C=O) groups is 1. The Bertz CT molecular complexity index is 502. The zero-order valence-electron chi connectivity index (χ0n) is 10.6. The minimum Gasteiger partial charge on any atom is -0.382 e. The van der Waals surface area contributed by atoms with E-state index in [2.05, 4.69) is 29.1 Å². The molecule has 0 aliphatic rings. The smallest absolute Gasteiger partial charge is 0.159 e. The quantitative estimate of drug-likeness (QED) is 0.822. The number of rotatable bonds is 5. The molecule has 2 nitrogen and oxygen atoms in total. The number of Topliss-reactive ketones (excluding diaryl/α,β-unsaturated/α-hetero) is 1. The van der Waals surface area contributed by atoms with Gasteiger partial charge in [-0.15, -0.1) is 0 Å². The Morgan fingerprint density at radius 2 is 2.00 bits per heavy atom. The minimum atomic E-state index is 0.105. The predicted octanol–water partition coefficient (Wildman–Crippen LogP) is 3.99. The molecule has 1 heterocycles. The van der Waals surface area contributed by atoms with Crippen LogP contribution in [0.3, 0.4) is 0 Å². The molecule has 1 aromatic heterocycles. The van der Waals surface area contributed by atoms with E-state index in [1.165, 1.54) is 5.56 Å². The molecule has 0 fully saturated rings. The van der Waals surface area contributed by atoms with Crippen molar-refractivity contribution in [2.24, 2.45) is 0 Å². The molecule has 18 heavy (non-hydrogen) atoms. The lowest BCUT2D eigenvalue weighted by molar-refractivity contribution is 0.101. The predicted molar refractivity (Wildman–Crippen MR) is 77.6 cm³/mol. The van der Waals surface area contributed by atoms with Crippen LogP contribution < -0.4 is 5.32 Å². The average Bonchev–Trinajstić information content (AvgIpc) is 2.82. The molecule has 0 saturated heterocycles. The van der Waals surface area contributed by atoms with Crippen LogP contribution in [0.4, 0.5) is 5.69 Å². The molecule has 3 heteroatoms. The molecule has 0 saturated carbocycles. The molecule has 0 aliphatic heterocycles. The van der Waals surface area contributed by atoms with Crippen LogP contribution in [0.1, 0.15) is 29.8 Å². The van der Waals surface area contributed by atoms with Gasteiger partial charge in [-0.3, -0.25) is 4.79 Å². The van der Waals surface area contributed by atoms with Crippen molar-refractivity contribution < 1.29 is 4.79 Å². The van der Waals surface area contributed by atoms with E-state index in [-0.39, 0.29) is 5.78 Å². The highest BCUT2D eigenvalue weighted by Gasteiger charge is 2.04. The van der Waals surface area contributed by atoms with Gasteiger partial charge in [-0.1, -0.05) is 0 Å². The van der Waals surface area contributed by atoms with Crippen LogP contribution >= 0.6 is 11.3 Å². The Morgan fingerprint density at radius 1 is 1.28 bits per heavy atom. The lowest BCUT2D eigenvalue weighted by Crippen LogP contribution is -2.17. The summed E-state index contributed by atoms with van der Waals surface area (Å²) in [5.74, 6) is 0.105. The molecule has 0 radical (unpaired) electrons. The molecule has 2 aromatic rings. The summed E-state index contributed by atoms with van der Waals surface area (Å²) in [4.78, 5) is 11.2. The van der Waals surface area contributed by atoms with Crippen LogP contribution in [-0.2, 0) is 6.42 Å². The molecule has 1 unspecified atom stereocenters. The molecule has 1 N–H and O–H groups in total. The Labute approximate surface area is 112 Å². The Morgan fingerprint density at radius 3 is 2.56 bits per heavy atom. The summed E-state index contributed by atoms with van der Waals surface area (Å²) in [6.45, 7) is 3.75. The molecule has 0 spiro atoms. The number of carbonyl (C=O) groups excluding carboxylic acids is 1. The van der Waals surface area contributed by atoms with Gasteiger partial charge in [-0.05, 0) is 66.9 Å². The third kappa shape index (κ3) is 3.44. The summed E-state index contributed by atoms with van der Waals surface area (Å²) < 4.78 is 0. The van der Waals surface area contributed by atoms with Gasteiger partial charge in [-0.25, -0.2) is 0 Å². The first-order chi connectivity index (χ1) is 8.65. The van der Waals surface area contributed by atoms with Gasteiger partial charge in [0.15, 0.2) is 5.78 Å². The van der Waals surface area contributed by atoms with Crippen LogP contribution in [0.2, 0.25) is 0 Å². The zero-order valence-corrected chi connectivity index (χ0v) is 11.5. The van der Waals surface area contributed by atoms with E-state index in [4.69, 9.17) is 0 Å². The Kier molecular flexibility index (Phi) is 4.15. The summed E-state index contributed by atoms with van der Waals surface area (Å²) in [6, 6.07) is 10.2. The van der Waals surface area contributed by atoms with Crippen LogP contribution in [-0.4, -0.2) is 11.8 Å². The summed E-state index contributed by atoms with van der Waals surface area (Å²) in [5.41, 5.74) is 3.18. The summed E-state index contributed by atoms with van der Waals surface area (Å²) in [6.07, 6.45) is 1.01. The Hall–Kier alpha value is -1.61. The number of ketones is 1. The van der Waals surface area contributed by atoms with Gasteiger partial charge in [0.05, 0.1) is 0 Å². The average molecular weight is 259 g/mol. The van der Waals surface area contributed by atoms with Gasteiger partial charge in [0.2, 0.25) is 0 Å². The van der Waals surface area contributed by atoms with Crippen LogP contribution in [0.25, 0.3) is 0 Å². The van der Waals surface area contributed by atoms with Gasteiger partial charge >= 0.3 is 0 Å². The zero-order chi connectivity index (χ0) is 13.0. The van der Waals surface area contributed by atoms with Gasteiger partial charge < -0.3 is 5.32 Å². The summed E-state index contributed by atoms with van der Waals surface area (Å²) >= 11 is 1.73. The van der Waals surface area contributed by atoms with Crippen LogP contribution in [0, 0.1) is 0 Å². The monoisotopic (exact) mass is 259 g/mol. The highest BCUT2D eigenvalue weighted by Crippen LogP contribution is 2.14. The molecule has 0 bridgehead atoms. The van der Waals surface area contributed by atoms with Gasteiger partial charge in [0, 0.05) is 17.3 Å². The maximum Gasteiger partial charge on any atom is 0.159 e. The van der Waals surface area contributed by atoms with E-state index in [0.29, 0.717) is 6.04 Å². The molecule has 0 aliphatic carbocycles. The van der Waals surface area contributed by atoms with E-state index in [1.54, 1.807) is 18.3 Å². The van der Waals surface area contributed by atoms with Crippen molar-refractivity contribution in [3.8, 4) is 0 Å². The number of benzene rings is 1. The maximum absolute atomic E-state index is 11.2. The fourth-order valence-electron chi connectivity index (χ4n) is 1.90. The summed E-state index contributed by atoms with van der Waals surface area (Å²) in [7, 11) is 0. The highest BCUT2D eigenvalue weighted by molar-refractivity contribution is 7.07. The van der Waals surface area contributed by atoms with Crippen molar-refractivity contribution in [2.75, 3.05) is 5.32 Å². The van der Waals surface area contributed by atoms with Gasteiger partial charge in [0.25, 0.3) is 0 Å². The first-order valence-corrected chi connectivity index (χ1v) is 6.98. The SMILES string of the molecule is CC(=O)c1ccc(NC(C)Cc2ccsc2)cc1. The lowest BCUT2D eigenvalue weighted by Gasteiger charge is -2.14. The second-order valence-corrected chi connectivity index (χ2v) is 5.29. The third-order valence-corrected chi connectivity index (χ3v) is 3.56. The van der Waals surface area contributed by atoms with Crippen LogP contribution in [0.15, 0.2) is 41.1 Å². The molecule has 94 valence electrons. The molecule has 1 atom stereocenters. The number of hydrogen-bond acceptors (Lipinski definition) is 3. The van der Waals surface area contributed by atoms with Crippen molar-refractivity contribution in [1.29, 1.82) is 0 Å². The summed E-state index contributed by atoms with van der Waals surface area (Å²) in [5, 5.41) is 7.72. The fourth-order valence-corrected chi connectivity index (χ4v) is 2.58. The van der Waals surface area contributed by atoms with Crippen molar-refractivity contribution in [3.63, 3.8) is 0 Å². The number of nitrogens with one attached hydrogen (secondary N) is 1. The number of thiophene rings is 1. The molecular formula is C15H17NOS. The van der Waals surface area contributed by atoms with Crippen molar-refractivity contribution >= 4 is 22.8 Å². The Balaban J connectivity index is 1.94. The first kappa shape index (κ1) is 12.8. The van der Waals surface area contributed by atoms with E-state index in [9.17, 15) is 4.79 Å². The molecule has 1 aromatic carbocycles.